The van der Waals surface area contributed by atoms with Crippen molar-refractivity contribution in [3.63, 3.8) is 0 Å². The highest BCUT2D eigenvalue weighted by molar-refractivity contribution is 8.14. The Morgan fingerprint density at radius 2 is 1.59 bits per heavy atom. The summed E-state index contributed by atoms with van der Waals surface area (Å²) < 4.78 is 26.7. The van der Waals surface area contributed by atoms with E-state index in [4.69, 9.17) is 23.7 Å². The molecule has 0 aromatic heterocycles. The summed E-state index contributed by atoms with van der Waals surface area (Å²) in [7, 11) is 5.84. The molecular formula is C25H26O8S. The number of benzene rings is 2. The highest BCUT2D eigenvalue weighted by Gasteiger charge is 2.22. The smallest absolute Gasteiger partial charge is 0.321 e. The minimum atomic E-state index is -0.703. The van der Waals surface area contributed by atoms with Gasteiger partial charge in [0.15, 0.2) is 17.3 Å². The van der Waals surface area contributed by atoms with E-state index >= 15 is 0 Å². The first kappa shape index (κ1) is 26.5. The monoisotopic (exact) mass is 486 g/mol. The van der Waals surface area contributed by atoms with Gasteiger partial charge in [0.25, 0.3) is 0 Å². The third-order valence-corrected chi connectivity index (χ3v) is 5.25. The molecule has 2 aromatic carbocycles. The number of para-hydroxylation sites is 1. The number of rotatable bonds is 11. The molecular weight excluding hydrogens is 460 g/mol. The van der Waals surface area contributed by atoms with E-state index in [1.165, 1.54) is 52.7 Å². The Balaban J connectivity index is 2.39. The van der Waals surface area contributed by atoms with Gasteiger partial charge in [-0.2, -0.15) is 0 Å². The molecule has 0 radical (unpaired) electrons. The van der Waals surface area contributed by atoms with Gasteiger partial charge in [-0.15, -0.1) is 0 Å². The first-order valence-electron chi connectivity index (χ1n) is 10.1. The molecule has 2 aromatic rings. The van der Waals surface area contributed by atoms with Crippen LogP contribution in [-0.4, -0.2) is 51.1 Å². The Morgan fingerprint density at radius 1 is 0.882 bits per heavy atom. The lowest BCUT2D eigenvalue weighted by atomic mass is 10.1. The summed E-state index contributed by atoms with van der Waals surface area (Å²) in [6.07, 6.45) is 5.79. The fraction of sp³-hybridized carbons (Fsp3) is 0.240. The third-order valence-electron chi connectivity index (χ3n) is 4.45. The Morgan fingerprint density at radius 3 is 2.21 bits per heavy atom. The molecule has 0 saturated carbocycles. The highest BCUT2D eigenvalue weighted by atomic mass is 32.2. The van der Waals surface area contributed by atoms with Crippen molar-refractivity contribution in [2.75, 3.05) is 34.2 Å². The number of ether oxygens (including phenoxy) is 5. The normalized spacial score (nSPS) is 10.9. The summed E-state index contributed by atoms with van der Waals surface area (Å²) >= 11 is 0.790. The van der Waals surface area contributed by atoms with Crippen LogP contribution in [0.4, 0.5) is 0 Å². The number of esters is 1. The molecule has 34 heavy (non-hydrogen) atoms. The Hall–Kier alpha value is -3.72. The number of allylic oxidation sites excluding steroid dienone is 2. The summed E-state index contributed by atoms with van der Waals surface area (Å²) in [6, 6.07) is 8.18. The molecule has 0 spiro atoms. The van der Waals surface area contributed by atoms with Gasteiger partial charge in [-0.1, -0.05) is 30.0 Å². The molecule has 0 atom stereocenters. The van der Waals surface area contributed by atoms with Crippen molar-refractivity contribution in [3.05, 3.63) is 59.7 Å². The molecule has 0 bridgehead atoms. The van der Waals surface area contributed by atoms with Crippen molar-refractivity contribution >= 4 is 34.7 Å². The molecule has 0 unspecified atom stereocenters. The van der Waals surface area contributed by atoms with E-state index in [-0.39, 0.29) is 27.9 Å². The number of methoxy groups -OCH3 is 4. The first-order valence-corrected chi connectivity index (χ1v) is 11.1. The fourth-order valence-corrected chi connectivity index (χ4v) is 3.48. The van der Waals surface area contributed by atoms with E-state index in [2.05, 4.69) is 0 Å². The topological polar surface area (TPSA) is 97.4 Å². The molecule has 2 rings (SSSR count). The fourth-order valence-electron chi connectivity index (χ4n) is 2.93. The lowest BCUT2D eigenvalue weighted by molar-refractivity contribution is -0.131. The van der Waals surface area contributed by atoms with E-state index < -0.39 is 11.8 Å². The second kappa shape index (κ2) is 13.1. The van der Waals surface area contributed by atoms with Crippen molar-refractivity contribution in [1.29, 1.82) is 0 Å². The Bertz CT molecular complexity index is 1100. The molecule has 0 amide bonds. The number of hydrogen-bond acceptors (Lipinski definition) is 9. The number of thioether (sulfide) groups is 1. The van der Waals surface area contributed by atoms with Crippen LogP contribution in [0.3, 0.4) is 0 Å². The lowest BCUT2D eigenvalue weighted by Gasteiger charge is -2.14. The van der Waals surface area contributed by atoms with Crippen LogP contribution in [0.2, 0.25) is 0 Å². The van der Waals surface area contributed by atoms with Crippen LogP contribution in [0.15, 0.2) is 48.6 Å². The minimum Gasteiger partial charge on any atom is -0.496 e. The molecule has 0 aliphatic carbocycles. The van der Waals surface area contributed by atoms with Crippen LogP contribution in [0.1, 0.15) is 22.8 Å². The molecule has 0 aliphatic rings. The zero-order valence-electron chi connectivity index (χ0n) is 19.6. The molecule has 0 saturated heterocycles. The average Bonchev–Trinajstić information content (AvgIpc) is 2.85. The van der Waals surface area contributed by atoms with E-state index in [9.17, 15) is 14.4 Å². The van der Waals surface area contributed by atoms with Gasteiger partial charge in [0, 0.05) is 17.7 Å². The van der Waals surface area contributed by atoms with Gasteiger partial charge in [0.05, 0.1) is 34.2 Å². The maximum atomic E-state index is 13.2. The van der Waals surface area contributed by atoms with Gasteiger partial charge in [-0.3, -0.25) is 14.4 Å². The molecule has 0 fully saturated rings. The molecule has 180 valence electrons. The summed E-state index contributed by atoms with van der Waals surface area (Å²) in [4.78, 5) is 37.2. The summed E-state index contributed by atoms with van der Waals surface area (Å²) in [6.45, 7) is 1.70. The van der Waals surface area contributed by atoms with Crippen LogP contribution in [-0.2, 0) is 9.59 Å². The quantitative estimate of drug-likeness (QED) is 0.199. The van der Waals surface area contributed by atoms with Gasteiger partial charge in [-0.05, 0) is 31.2 Å². The second-order valence-electron chi connectivity index (χ2n) is 6.56. The van der Waals surface area contributed by atoms with Gasteiger partial charge in [0.1, 0.15) is 22.8 Å². The highest BCUT2D eigenvalue weighted by Crippen LogP contribution is 2.36. The second-order valence-corrected chi connectivity index (χ2v) is 7.54. The molecule has 9 heteroatoms. The van der Waals surface area contributed by atoms with Crippen molar-refractivity contribution in [2.45, 2.75) is 6.92 Å². The van der Waals surface area contributed by atoms with Crippen LogP contribution >= 0.6 is 11.8 Å². The molecule has 0 heterocycles. The molecule has 0 N–H and O–H groups in total. The van der Waals surface area contributed by atoms with E-state index in [0.29, 0.717) is 22.8 Å². The standard InChI is InChI=1S/C25H26O8S/c1-6-8-23(28)34-15-22(27)33-21-14-17(29-2)13-20(31-4)24(21)18(26)12-11-16-9-7-10-19(30-3)25(16)32-5/h6-14H,15H2,1-5H3/b8-6+,12-11+. The first-order chi connectivity index (χ1) is 16.4. The number of hydrogen-bond donors (Lipinski definition) is 0. The number of ketones is 1. The minimum absolute atomic E-state index is 0.0274. The van der Waals surface area contributed by atoms with Gasteiger partial charge in [0.2, 0.25) is 5.12 Å². The largest absolute Gasteiger partial charge is 0.496 e. The summed E-state index contributed by atoms with van der Waals surface area (Å²) in [5.74, 6) is -0.000947. The van der Waals surface area contributed by atoms with Crippen molar-refractivity contribution in [1.82, 2.24) is 0 Å². The maximum absolute atomic E-state index is 13.2. The van der Waals surface area contributed by atoms with Gasteiger partial charge < -0.3 is 23.7 Å². The van der Waals surface area contributed by atoms with E-state index in [1.807, 2.05) is 0 Å². The third kappa shape index (κ3) is 6.89. The molecule has 8 nitrogen and oxygen atoms in total. The number of carbonyl (C=O) groups excluding carboxylic acids is 3. The summed E-state index contributed by atoms with van der Waals surface area (Å²) in [5.41, 5.74) is 0.639. The zero-order chi connectivity index (χ0) is 25.1. The SMILES string of the molecule is C/C=C/C(=O)SCC(=O)Oc1cc(OC)cc(OC)c1C(=O)/C=C/c1cccc(OC)c1OC. The Kier molecular flexibility index (Phi) is 10.2. The van der Waals surface area contributed by atoms with Gasteiger partial charge >= 0.3 is 5.97 Å². The predicted molar refractivity (Wildman–Crippen MR) is 130 cm³/mol. The van der Waals surface area contributed by atoms with Crippen LogP contribution in [0.25, 0.3) is 6.08 Å². The average molecular weight is 487 g/mol. The summed E-state index contributed by atoms with van der Waals surface area (Å²) in [5, 5.41) is -0.283. The number of carbonyl (C=O) groups is 3. The van der Waals surface area contributed by atoms with Crippen molar-refractivity contribution in [2.24, 2.45) is 0 Å². The van der Waals surface area contributed by atoms with E-state index in [0.717, 1.165) is 11.8 Å². The molecule has 0 aliphatic heterocycles. The maximum Gasteiger partial charge on any atom is 0.321 e. The van der Waals surface area contributed by atoms with Crippen LogP contribution in [0, 0.1) is 0 Å². The van der Waals surface area contributed by atoms with Crippen molar-refractivity contribution in [3.8, 4) is 28.7 Å². The van der Waals surface area contributed by atoms with E-state index in [1.54, 1.807) is 37.3 Å². The van der Waals surface area contributed by atoms with Crippen LogP contribution in [0.5, 0.6) is 28.7 Å². The van der Waals surface area contributed by atoms with Crippen molar-refractivity contribution < 1.29 is 38.1 Å². The van der Waals surface area contributed by atoms with Gasteiger partial charge in [-0.25, -0.2) is 0 Å². The Labute approximate surface area is 202 Å². The predicted octanol–water partition coefficient (Wildman–Crippen LogP) is 4.36. The van der Waals surface area contributed by atoms with Crippen LogP contribution < -0.4 is 23.7 Å². The lowest BCUT2D eigenvalue weighted by Crippen LogP contribution is -2.15. The zero-order valence-corrected chi connectivity index (χ0v) is 20.4.